The first kappa shape index (κ1) is 14.1. The second kappa shape index (κ2) is 5.15. The Hall–Kier alpha value is -0.880. The van der Waals surface area contributed by atoms with Crippen LogP contribution in [0.25, 0.3) is 0 Å². The molecule has 0 spiro atoms. The summed E-state index contributed by atoms with van der Waals surface area (Å²) in [5.41, 5.74) is 3.57. The van der Waals surface area contributed by atoms with Crippen LogP contribution in [0.1, 0.15) is 48.2 Å². The van der Waals surface area contributed by atoms with Crippen LogP contribution in [0, 0.1) is 13.8 Å². The molecule has 5 nitrogen and oxygen atoms in total. The smallest absolute Gasteiger partial charge is 0.152 e. The number of rotatable bonds is 2. The lowest BCUT2D eigenvalue weighted by Crippen LogP contribution is -2.29. The molecule has 0 radical (unpaired) electrons. The Labute approximate surface area is 120 Å². The molecule has 2 atom stereocenters. The molecule has 2 aliphatic heterocycles. The van der Waals surface area contributed by atoms with Gasteiger partial charge in [0.15, 0.2) is 9.84 Å². The van der Waals surface area contributed by atoms with Gasteiger partial charge in [-0.25, -0.2) is 8.42 Å². The summed E-state index contributed by atoms with van der Waals surface area (Å²) in [6.45, 7) is 6.26. The molecule has 0 amide bonds. The van der Waals surface area contributed by atoms with Crippen LogP contribution in [0.2, 0.25) is 0 Å². The van der Waals surface area contributed by atoms with E-state index in [1.165, 1.54) is 24.1 Å². The molecule has 2 fully saturated rings. The third-order valence-corrected chi connectivity index (χ3v) is 6.39. The quantitative estimate of drug-likeness (QED) is 0.894. The molecule has 0 aromatic carbocycles. The standard InChI is InChI=1S/C14H23N3O2S/c1-10-14(12-4-3-6-15-8-12)11(2)17(16-10)13-5-7-20(18,19)9-13/h12-13,15H,3-9H2,1-2H3. The lowest BCUT2D eigenvalue weighted by molar-refractivity contribution is 0.455. The van der Waals surface area contributed by atoms with Crippen molar-refractivity contribution in [3.63, 3.8) is 0 Å². The lowest BCUT2D eigenvalue weighted by atomic mass is 9.90. The van der Waals surface area contributed by atoms with Gasteiger partial charge >= 0.3 is 0 Å². The van der Waals surface area contributed by atoms with Crippen LogP contribution in [0.3, 0.4) is 0 Å². The molecule has 20 heavy (non-hydrogen) atoms. The average Bonchev–Trinajstić information content (AvgIpc) is 2.90. The molecule has 112 valence electrons. The minimum atomic E-state index is -2.86. The molecule has 1 aromatic heterocycles. The highest BCUT2D eigenvalue weighted by molar-refractivity contribution is 7.91. The van der Waals surface area contributed by atoms with E-state index in [-0.39, 0.29) is 11.8 Å². The van der Waals surface area contributed by atoms with Crippen LogP contribution < -0.4 is 5.32 Å². The maximum atomic E-state index is 11.7. The maximum Gasteiger partial charge on any atom is 0.152 e. The minimum absolute atomic E-state index is 0.0315. The van der Waals surface area contributed by atoms with Gasteiger partial charge in [-0.05, 0) is 39.7 Å². The summed E-state index contributed by atoms with van der Waals surface area (Å²) in [6.07, 6.45) is 3.10. The van der Waals surface area contributed by atoms with Crippen molar-refractivity contribution >= 4 is 9.84 Å². The van der Waals surface area contributed by atoms with Gasteiger partial charge in [0.25, 0.3) is 0 Å². The second-order valence-electron chi connectivity index (χ2n) is 6.13. The lowest BCUT2D eigenvalue weighted by Gasteiger charge is -2.23. The van der Waals surface area contributed by atoms with Gasteiger partial charge < -0.3 is 5.32 Å². The Kier molecular flexibility index (Phi) is 3.62. The number of hydrogen-bond acceptors (Lipinski definition) is 4. The van der Waals surface area contributed by atoms with Crippen LogP contribution in [0.15, 0.2) is 0 Å². The summed E-state index contributed by atoms with van der Waals surface area (Å²) in [6, 6.07) is 0.0315. The van der Waals surface area contributed by atoms with Crippen molar-refractivity contribution in [1.29, 1.82) is 0 Å². The van der Waals surface area contributed by atoms with Gasteiger partial charge in [-0.3, -0.25) is 4.68 Å². The monoisotopic (exact) mass is 297 g/mol. The molecule has 3 rings (SSSR count). The van der Waals surface area contributed by atoms with E-state index in [0.29, 0.717) is 18.1 Å². The molecule has 0 bridgehead atoms. The van der Waals surface area contributed by atoms with Crippen molar-refractivity contribution in [3.05, 3.63) is 17.0 Å². The SMILES string of the molecule is Cc1nn(C2CCS(=O)(=O)C2)c(C)c1C1CCCNC1. The first-order valence-corrected chi connectivity index (χ1v) is 9.27. The van der Waals surface area contributed by atoms with Crippen LogP contribution in [0.4, 0.5) is 0 Å². The topological polar surface area (TPSA) is 64.0 Å². The van der Waals surface area contributed by atoms with E-state index in [4.69, 9.17) is 0 Å². The average molecular weight is 297 g/mol. The molecule has 2 saturated heterocycles. The Morgan fingerprint density at radius 1 is 1.30 bits per heavy atom. The van der Waals surface area contributed by atoms with Gasteiger partial charge in [0.2, 0.25) is 0 Å². The van der Waals surface area contributed by atoms with Crippen LogP contribution in [0.5, 0.6) is 0 Å². The highest BCUT2D eigenvalue weighted by Gasteiger charge is 2.32. The number of hydrogen-bond donors (Lipinski definition) is 1. The predicted octanol–water partition coefficient (Wildman–Crippen LogP) is 1.33. The van der Waals surface area contributed by atoms with E-state index < -0.39 is 9.84 Å². The van der Waals surface area contributed by atoms with Crippen LogP contribution in [-0.4, -0.2) is 42.8 Å². The zero-order valence-corrected chi connectivity index (χ0v) is 13.0. The zero-order valence-electron chi connectivity index (χ0n) is 12.2. The number of nitrogens with one attached hydrogen (secondary N) is 1. The molecular formula is C14H23N3O2S. The van der Waals surface area contributed by atoms with Crippen molar-refractivity contribution in [3.8, 4) is 0 Å². The maximum absolute atomic E-state index is 11.7. The molecular weight excluding hydrogens is 274 g/mol. The molecule has 0 aliphatic carbocycles. The first-order valence-electron chi connectivity index (χ1n) is 7.44. The van der Waals surface area contributed by atoms with Crippen molar-refractivity contribution in [2.24, 2.45) is 0 Å². The predicted molar refractivity (Wildman–Crippen MR) is 78.9 cm³/mol. The molecule has 2 unspecified atom stereocenters. The number of piperidine rings is 1. The minimum Gasteiger partial charge on any atom is -0.316 e. The highest BCUT2D eigenvalue weighted by atomic mass is 32.2. The van der Waals surface area contributed by atoms with Crippen LogP contribution >= 0.6 is 0 Å². The second-order valence-corrected chi connectivity index (χ2v) is 8.36. The van der Waals surface area contributed by atoms with Gasteiger partial charge in [-0.15, -0.1) is 0 Å². The Balaban J connectivity index is 1.90. The van der Waals surface area contributed by atoms with E-state index in [1.54, 1.807) is 0 Å². The fourth-order valence-corrected chi connectivity index (χ4v) is 5.38. The Morgan fingerprint density at radius 2 is 2.10 bits per heavy atom. The fraction of sp³-hybridized carbons (Fsp3) is 0.786. The number of nitrogens with zero attached hydrogens (tertiary/aromatic N) is 2. The van der Waals surface area contributed by atoms with Gasteiger partial charge in [0.05, 0.1) is 23.2 Å². The zero-order chi connectivity index (χ0) is 14.3. The fourth-order valence-electron chi connectivity index (χ4n) is 3.69. The van der Waals surface area contributed by atoms with Crippen LogP contribution in [-0.2, 0) is 9.84 Å². The summed E-state index contributed by atoms with van der Waals surface area (Å²) < 4.78 is 25.3. The van der Waals surface area contributed by atoms with Gasteiger partial charge in [-0.2, -0.15) is 5.10 Å². The Morgan fingerprint density at radius 3 is 2.70 bits per heavy atom. The normalized spacial score (nSPS) is 29.7. The van der Waals surface area contributed by atoms with E-state index in [9.17, 15) is 8.42 Å². The van der Waals surface area contributed by atoms with E-state index in [1.807, 2.05) is 4.68 Å². The summed E-state index contributed by atoms with van der Waals surface area (Å²) in [7, 11) is -2.86. The largest absolute Gasteiger partial charge is 0.316 e. The first-order chi connectivity index (χ1) is 9.48. The molecule has 0 saturated carbocycles. The summed E-state index contributed by atoms with van der Waals surface area (Å²) in [4.78, 5) is 0. The van der Waals surface area contributed by atoms with Gasteiger partial charge in [0.1, 0.15) is 0 Å². The van der Waals surface area contributed by atoms with Crippen molar-refractivity contribution in [2.75, 3.05) is 24.6 Å². The van der Waals surface area contributed by atoms with Crippen molar-refractivity contribution in [2.45, 2.75) is 45.1 Å². The van der Waals surface area contributed by atoms with E-state index >= 15 is 0 Å². The third-order valence-electron chi connectivity index (χ3n) is 4.64. The molecule has 3 heterocycles. The summed E-state index contributed by atoms with van der Waals surface area (Å²) in [5, 5.41) is 8.10. The third kappa shape index (κ3) is 2.51. The van der Waals surface area contributed by atoms with E-state index in [2.05, 4.69) is 24.3 Å². The van der Waals surface area contributed by atoms with Gasteiger partial charge in [0, 0.05) is 23.7 Å². The molecule has 2 aliphatic rings. The highest BCUT2D eigenvalue weighted by Crippen LogP contribution is 2.32. The molecule has 1 aromatic rings. The summed E-state index contributed by atoms with van der Waals surface area (Å²) >= 11 is 0. The number of sulfone groups is 1. The Bertz CT molecular complexity index is 600. The van der Waals surface area contributed by atoms with Crippen molar-refractivity contribution < 1.29 is 8.42 Å². The summed E-state index contributed by atoms with van der Waals surface area (Å²) in [5.74, 6) is 1.07. The van der Waals surface area contributed by atoms with Crippen molar-refractivity contribution in [1.82, 2.24) is 15.1 Å². The number of aryl methyl sites for hydroxylation is 1. The number of aromatic nitrogens is 2. The van der Waals surface area contributed by atoms with E-state index in [0.717, 1.165) is 18.8 Å². The van der Waals surface area contributed by atoms with Gasteiger partial charge in [-0.1, -0.05) is 0 Å². The molecule has 6 heteroatoms. The molecule has 1 N–H and O–H groups in total.